The van der Waals surface area contributed by atoms with E-state index in [0.29, 0.717) is 0 Å². The van der Waals surface area contributed by atoms with Gasteiger partial charge in [-0.1, -0.05) is 30.3 Å². The second-order valence-electron chi connectivity index (χ2n) is 3.48. The second kappa shape index (κ2) is 4.61. The van der Waals surface area contributed by atoms with Crippen molar-refractivity contribution in [2.45, 2.75) is 6.61 Å². The number of nitrogens with one attached hydrogen (secondary N) is 1. The Morgan fingerprint density at radius 1 is 1.24 bits per heavy atom. The first kappa shape index (κ1) is 11.1. The van der Waals surface area contributed by atoms with E-state index in [1.54, 1.807) is 0 Å². The monoisotopic (exact) mass is 233 g/mol. The molecule has 0 aliphatic heterocycles. The van der Waals surface area contributed by atoms with Gasteiger partial charge in [0.05, 0.1) is 0 Å². The molecular formula is C12H11NO4. The van der Waals surface area contributed by atoms with E-state index in [1.807, 2.05) is 30.3 Å². The lowest BCUT2D eigenvalue weighted by molar-refractivity contribution is 0.0469. The molecule has 0 fully saturated rings. The van der Waals surface area contributed by atoms with Crippen molar-refractivity contribution in [2.24, 2.45) is 0 Å². The third-order valence-electron chi connectivity index (χ3n) is 2.22. The Kier molecular flexibility index (Phi) is 3.00. The number of esters is 1. The lowest BCUT2D eigenvalue weighted by Crippen LogP contribution is -2.04. The van der Waals surface area contributed by atoms with Gasteiger partial charge in [-0.15, -0.1) is 0 Å². The molecule has 5 heteroatoms. The molecule has 0 aliphatic rings. The Morgan fingerprint density at radius 3 is 2.53 bits per heavy atom. The van der Waals surface area contributed by atoms with Crippen molar-refractivity contribution in [1.29, 1.82) is 0 Å². The van der Waals surface area contributed by atoms with Crippen LogP contribution in [0.3, 0.4) is 0 Å². The van der Waals surface area contributed by atoms with Gasteiger partial charge >= 0.3 is 5.97 Å². The van der Waals surface area contributed by atoms with Gasteiger partial charge < -0.3 is 14.9 Å². The molecule has 0 spiro atoms. The summed E-state index contributed by atoms with van der Waals surface area (Å²) in [5.74, 6) is -1.38. The smallest absolute Gasteiger partial charge is 0.344 e. The highest BCUT2D eigenvalue weighted by Crippen LogP contribution is 2.22. The zero-order valence-corrected chi connectivity index (χ0v) is 8.88. The van der Waals surface area contributed by atoms with Gasteiger partial charge in [-0.2, -0.15) is 0 Å². The van der Waals surface area contributed by atoms with E-state index in [0.717, 1.165) is 11.6 Å². The predicted molar refractivity (Wildman–Crippen MR) is 59.7 cm³/mol. The van der Waals surface area contributed by atoms with E-state index >= 15 is 0 Å². The Balaban J connectivity index is 2.01. The van der Waals surface area contributed by atoms with E-state index in [2.05, 4.69) is 4.98 Å². The minimum Gasteiger partial charge on any atom is -0.494 e. The van der Waals surface area contributed by atoms with Crippen molar-refractivity contribution in [3.8, 4) is 11.8 Å². The number of aromatic amines is 1. The van der Waals surface area contributed by atoms with E-state index in [4.69, 9.17) is 9.84 Å². The number of ether oxygens (including phenoxy) is 1. The summed E-state index contributed by atoms with van der Waals surface area (Å²) < 4.78 is 4.98. The molecule has 17 heavy (non-hydrogen) atoms. The minimum atomic E-state index is -0.692. The third kappa shape index (κ3) is 2.57. The van der Waals surface area contributed by atoms with Gasteiger partial charge in [0, 0.05) is 6.07 Å². The van der Waals surface area contributed by atoms with Crippen LogP contribution in [0.15, 0.2) is 36.4 Å². The van der Waals surface area contributed by atoms with Gasteiger partial charge in [0.1, 0.15) is 12.2 Å². The lowest BCUT2D eigenvalue weighted by atomic mass is 10.2. The molecule has 0 amide bonds. The largest absolute Gasteiger partial charge is 0.494 e. The van der Waals surface area contributed by atoms with Crippen LogP contribution in [0, 0.1) is 0 Å². The average Bonchev–Trinajstić information content (AvgIpc) is 2.67. The number of hydrogen-bond acceptors (Lipinski definition) is 4. The van der Waals surface area contributed by atoms with Crippen LogP contribution < -0.4 is 0 Å². The Labute approximate surface area is 97.3 Å². The maximum Gasteiger partial charge on any atom is 0.344 e. The first-order valence-electron chi connectivity index (χ1n) is 4.99. The fourth-order valence-electron chi connectivity index (χ4n) is 1.39. The number of benzene rings is 1. The quantitative estimate of drug-likeness (QED) is 0.706. The predicted octanol–water partition coefficient (Wildman–Crippen LogP) is 1.78. The van der Waals surface area contributed by atoms with Crippen LogP contribution in [0.25, 0.3) is 0 Å². The molecular weight excluding hydrogens is 222 g/mol. The van der Waals surface area contributed by atoms with Gasteiger partial charge in [0.15, 0.2) is 5.88 Å². The number of aromatic hydroxyl groups is 2. The Morgan fingerprint density at radius 2 is 1.94 bits per heavy atom. The molecule has 1 heterocycles. The van der Waals surface area contributed by atoms with Crippen molar-refractivity contribution in [2.75, 3.05) is 0 Å². The number of H-pyrrole nitrogens is 1. The molecule has 0 bridgehead atoms. The summed E-state index contributed by atoms with van der Waals surface area (Å²) in [7, 11) is 0. The summed E-state index contributed by atoms with van der Waals surface area (Å²) in [4.78, 5) is 13.7. The van der Waals surface area contributed by atoms with Gasteiger partial charge in [-0.3, -0.25) is 4.98 Å². The zero-order valence-electron chi connectivity index (χ0n) is 8.88. The third-order valence-corrected chi connectivity index (χ3v) is 2.22. The molecule has 0 saturated heterocycles. The van der Waals surface area contributed by atoms with E-state index in [9.17, 15) is 9.90 Å². The van der Waals surface area contributed by atoms with Crippen LogP contribution in [0.2, 0.25) is 0 Å². The number of aromatic nitrogens is 1. The molecule has 3 N–H and O–H groups in total. The summed E-state index contributed by atoms with van der Waals surface area (Å²) in [5.41, 5.74) is 0.763. The highest BCUT2D eigenvalue weighted by Gasteiger charge is 2.16. The number of carbonyl (C=O) groups excluding carboxylic acids is 1. The standard InChI is InChI=1S/C12H11NO4/c14-10-6-9(11(15)13-10)12(16)17-7-8-4-2-1-3-5-8/h1-6,13-15H,7H2. The highest BCUT2D eigenvalue weighted by atomic mass is 16.5. The fourth-order valence-corrected chi connectivity index (χ4v) is 1.39. The van der Waals surface area contributed by atoms with Crippen molar-refractivity contribution >= 4 is 5.97 Å². The molecule has 0 atom stereocenters. The van der Waals surface area contributed by atoms with Crippen LogP contribution >= 0.6 is 0 Å². The molecule has 88 valence electrons. The topological polar surface area (TPSA) is 82.5 Å². The van der Waals surface area contributed by atoms with E-state index in [1.165, 1.54) is 0 Å². The molecule has 5 nitrogen and oxygen atoms in total. The summed E-state index contributed by atoms with van der Waals surface area (Å²) in [6.45, 7) is 0.116. The van der Waals surface area contributed by atoms with Gasteiger partial charge in [0.2, 0.25) is 5.88 Å². The molecule has 0 saturated carbocycles. The minimum absolute atomic E-state index is 0.0848. The number of carbonyl (C=O) groups is 1. The summed E-state index contributed by atoms with van der Waals surface area (Å²) in [5, 5.41) is 18.3. The van der Waals surface area contributed by atoms with Crippen LogP contribution in [-0.4, -0.2) is 21.2 Å². The van der Waals surface area contributed by atoms with Crippen molar-refractivity contribution in [3.05, 3.63) is 47.5 Å². The van der Waals surface area contributed by atoms with Crippen LogP contribution in [0.5, 0.6) is 11.8 Å². The Bertz CT molecular complexity index is 519. The average molecular weight is 233 g/mol. The van der Waals surface area contributed by atoms with Crippen molar-refractivity contribution in [3.63, 3.8) is 0 Å². The number of hydrogen-bond donors (Lipinski definition) is 3. The second-order valence-corrected chi connectivity index (χ2v) is 3.48. The van der Waals surface area contributed by atoms with Crippen LogP contribution in [0.1, 0.15) is 15.9 Å². The van der Waals surface area contributed by atoms with E-state index < -0.39 is 11.8 Å². The van der Waals surface area contributed by atoms with Gasteiger partial charge in [-0.05, 0) is 5.56 Å². The van der Waals surface area contributed by atoms with Crippen LogP contribution in [-0.2, 0) is 11.3 Å². The van der Waals surface area contributed by atoms with Crippen molar-refractivity contribution < 1.29 is 19.7 Å². The Hall–Kier alpha value is -2.43. The molecule has 2 aromatic rings. The normalized spacial score (nSPS) is 10.1. The first-order valence-corrected chi connectivity index (χ1v) is 4.99. The maximum absolute atomic E-state index is 11.5. The molecule has 0 aliphatic carbocycles. The fraction of sp³-hybridized carbons (Fsp3) is 0.0833. The summed E-state index contributed by atoms with van der Waals surface area (Å²) in [6.07, 6.45) is 0. The summed E-state index contributed by atoms with van der Waals surface area (Å²) in [6, 6.07) is 10.3. The molecule has 0 radical (unpaired) electrons. The zero-order chi connectivity index (χ0) is 12.3. The lowest BCUT2D eigenvalue weighted by Gasteiger charge is -2.03. The van der Waals surface area contributed by atoms with Gasteiger partial charge in [-0.25, -0.2) is 4.79 Å². The number of rotatable bonds is 3. The van der Waals surface area contributed by atoms with E-state index in [-0.39, 0.29) is 18.1 Å². The molecule has 0 unspecified atom stereocenters. The van der Waals surface area contributed by atoms with Crippen LogP contribution in [0.4, 0.5) is 0 Å². The van der Waals surface area contributed by atoms with Crippen molar-refractivity contribution in [1.82, 2.24) is 4.98 Å². The SMILES string of the molecule is O=C(OCc1ccccc1)c1cc(O)[nH]c1O. The first-order chi connectivity index (χ1) is 8.16. The maximum atomic E-state index is 11.5. The summed E-state index contributed by atoms with van der Waals surface area (Å²) >= 11 is 0. The highest BCUT2D eigenvalue weighted by molar-refractivity contribution is 5.92. The molecule has 1 aromatic carbocycles. The molecule has 2 rings (SSSR count). The molecule has 1 aromatic heterocycles. The van der Waals surface area contributed by atoms with Gasteiger partial charge in [0.25, 0.3) is 0 Å².